The summed E-state index contributed by atoms with van der Waals surface area (Å²) in [5.74, 6) is -0.457. The van der Waals surface area contributed by atoms with Crippen molar-refractivity contribution in [2.45, 2.75) is 6.61 Å². The number of benzene rings is 2. The Labute approximate surface area is 115 Å². The fourth-order valence-corrected chi connectivity index (χ4v) is 2.21. The molecular weight excluding hydrogens is 260 g/mol. The van der Waals surface area contributed by atoms with Crippen molar-refractivity contribution in [3.8, 4) is 5.75 Å². The van der Waals surface area contributed by atoms with Crippen LogP contribution < -0.4 is 4.74 Å². The summed E-state index contributed by atoms with van der Waals surface area (Å²) in [6.45, 7) is 0.230. The predicted octanol–water partition coefficient (Wildman–Crippen LogP) is 4.04. The van der Waals surface area contributed by atoms with Crippen LogP contribution in [0.1, 0.15) is 5.69 Å². The van der Waals surface area contributed by atoms with Crippen LogP contribution in [0.4, 0.5) is 8.78 Å². The van der Waals surface area contributed by atoms with E-state index in [2.05, 4.69) is 0 Å². The number of halogens is 2. The van der Waals surface area contributed by atoms with Gasteiger partial charge in [0.2, 0.25) is 0 Å². The maximum atomic E-state index is 13.5. The molecule has 0 fully saturated rings. The molecule has 1 aromatic heterocycles. The van der Waals surface area contributed by atoms with Gasteiger partial charge in [-0.3, -0.25) is 0 Å². The Hall–Kier alpha value is -2.36. The first-order chi connectivity index (χ1) is 9.65. The predicted molar refractivity (Wildman–Crippen MR) is 73.6 cm³/mol. The highest BCUT2D eigenvalue weighted by Gasteiger charge is 2.08. The van der Waals surface area contributed by atoms with Gasteiger partial charge in [0.1, 0.15) is 12.4 Å². The normalized spacial score (nSPS) is 10.9. The summed E-state index contributed by atoms with van der Waals surface area (Å²) in [5, 5.41) is 0.932. The molecule has 0 amide bonds. The second kappa shape index (κ2) is 4.96. The van der Waals surface area contributed by atoms with E-state index in [0.29, 0.717) is 0 Å². The molecule has 0 atom stereocenters. The Kier molecular flexibility index (Phi) is 3.14. The molecule has 2 nitrogen and oxygen atoms in total. The van der Waals surface area contributed by atoms with Gasteiger partial charge in [-0.15, -0.1) is 0 Å². The number of hydrogen-bond donors (Lipinski definition) is 0. The van der Waals surface area contributed by atoms with Gasteiger partial charge in [0, 0.05) is 12.4 Å². The fraction of sp³-hybridized carbons (Fsp3) is 0.125. The molecule has 0 unspecified atom stereocenters. The summed E-state index contributed by atoms with van der Waals surface area (Å²) >= 11 is 0. The highest BCUT2D eigenvalue weighted by molar-refractivity contribution is 5.81. The smallest absolute Gasteiger partial charge is 0.165 e. The van der Waals surface area contributed by atoms with E-state index >= 15 is 0 Å². The van der Waals surface area contributed by atoms with Crippen molar-refractivity contribution < 1.29 is 13.5 Å². The summed E-state index contributed by atoms with van der Waals surface area (Å²) in [7, 11) is 1.84. The van der Waals surface area contributed by atoms with Gasteiger partial charge in [0.25, 0.3) is 0 Å². The quantitative estimate of drug-likeness (QED) is 0.702. The lowest BCUT2D eigenvalue weighted by Gasteiger charge is -2.08. The fourth-order valence-electron chi connectivity index (χ4n) is 2.21. The van der Waals surface area contributed by atoms with Crippen molar-refractivity contribution in [3.63, 3.8) is 0 Å². The van der Waals surface area contributed by atoms with Crippen LogP contribution in [0.15, 0.2) is 48.5 Å². The van der Waals surface area contributed by atoms with Crippen LogP contribution in [-0.4, -0.2) is 4.57 Å². The molecule has 0 saturated carbocycles. The molecule has 0 N–H and O–H groups in total. The van der Waals surface area contributed by atoms with Crippen LogP contribution in [0, 0.1) is 11.6 Å². The first-order valence-electron chi connectivity index (χ1n) is 6.26. The van der Waals surface area contributed by atoms with Crippen LogP contribution in [0.5, 0.6) is 5.75 Å². The molecule has 0 saturated heterocycles. The van der Waals surface area contributed by atoms with E-state index in [1.165, 1.54) is 18.2 Å². The van der Waals surface area contributed by atoms with E-state index in [9.17, 15) is 8.78 Å². The molecule has 0 aliphatic rings. The molecule has 102 valence electrons. The largest absolute Gasteiger partial charge is 0.484 e. The number of rotatable bonds is 3. The molecular formula is C16H13F2NO. The molecule has 0 spiro atoms. The Morgan fingerprint density at radius 2 is 1.85 bits per heavy atom. The Balaban J connectivity index is 1.88. The SMILES string of the molecule is Cn1c(COc2ccccc2F)cc2ccc(F)cc21. The average molecular weight is 273 g/mol. The topological polar surface area (TPSA) is 14.2 Å². The monoisotopic (exact) mass is 273 g/mol. The molecule has 3 rings (SSSR count). The molecule has 1 heterocycles. The number of nitrogens with zero attached hydrogens (tertiary/aromatic N) is 1. The van der Waals surface area contributed by atoms with Gasteiger partial charge in [-0.1, -0.05) is 12.1 Å². The van der Waals surface area contributed by atoms with Crippen LogP contribution >= 0.6 is 0 Å². The third-order valence-electron chi connectivity index (χ3n) is 3.32. The molecule has 20 heavy (non-hydrogen) atoms. The minimum atomic E-state index is -0.391. The number of ether oxygens (including phenoxy) is 1. The summed E-state index contributed by atoms with van der Waals surface area (Å²) in [5.41, 5.74) is 1.64. The lowest BCUT2D eigenvalue weighted by molar-refractivity contribution is 0.283. The second-order valence-electron chi connectivity index (χ2n) is 4.62. The van der Waals surface area contributed by atoms with Crippen molar-refractivity contribution in [1.29, 1.82) is 0 Å². The number of aryl methyl sites for hydroxylation is 1. The van der Waals surface area contributed by atoms with E-state index < -0.39 is 5.82 Å². The highest BCUT2D eigenvalue weighted by atomic mass is 19.1. The lowest BCUT2D eigenvalue weighted by Crippen LogP contribution is -2.02. The zero-order chi connectivity index (χ0) is 14.1. The maximum absolute atomic E-state index is 13.5. The zero-order valence-electron chi connectivity index (χ0n) is 10.9. The second-order valence-corrected chi connectivity index (χ2v) is 4.62. The molecule has 0 radical (unpaired) electrons. The summed E-state index contributed by atoms with van der Waals surface area (Å²) in [6, 6.07) is 12.8. The van der Waals surface area contributed by atoms with E-state index in [4.69, 9.17) is 4.74 Å². The van der Waals surface area contributed by atoms with E-state index in [1.54, 1.807) is 24.3 Å². The van der Waals surface area contributed by atoms with Crippen LogP contribution in [0.2, 0.25) is 0 Å². The summed E-state index contributed by atoms with van der Waals surface area (Å²) < 4.78 is 34.0. The van der Waals surface area contributed by atoms with E-state index in [0.717, 1.165) is 16.6 Å². The number of aromatic nitrogens is 1. The molecule has 3 aromatic rings. The molecule has 0 aliphatic heterocycles. The van der Waals surface area contributed by atoms with Crippen molar-refractivity contribution in [2.24, 2.45) is 7.05 Å². The van der Waals surface area contributed by atoms with Gasteiger partial charge in [-0.2, -0.15) is 0 Å². The van der Waals surface area contributed by atoms with Crippen molar-refractivity contribution >= 4 is 10.9 Å². The molecule has 0 aliphatic carbocycles. The zero-order valence-corrected chi connectivity index (χ0v) is 10.9. The van der Waals surface area contributed by atoms with Gasteiger partial charge in [-0.05, 0) is 36.4 Å². The maximum Gasteiger partial charge on any atom is 0.165 e. The van der Waals surface area contributed by atoms with Crippen LogP contribution in [0.25, 0.3) is 10.9 Å². The standard InChI is InChI=1S/C16H13F2NO/c1-19-13(8-11-6-7-12(17)9-15(11)19)10-20-16-5-3-2-4-14(16)18/h2-9H,10H2,1H3. The van der Waals surface area contributed by atoms with Crippen LogP contribution in [0.3, 0.4) is 0 Å². The summed E-state index contributed by atoms with van der Waals surface area (Å²) in [4.78, 5) is 0. The van der Waals surface area contributed by atoms with Crippen molar-refractivity contribution in [1.82, 2.24) is 4.57 Å². The lowest BCUT2D eigenvalue weighted by atomic mass is 10.2. The minimum absolute atomic E-state index is 0.212. The first-order valence-corrected chi connectivity index (χ1v) is 6.26. The molecule has 0 bridgehead atoms. The molecule has 4 heteroatoms. The van der Waals surface area contributed by atoms with Gasteiger partial charge in [-0.25, -0.2) is 8.78 Å². The Morgan fingerprint density at radius 1 is 1.05 bits per heavy atom. The summed E-state index contributed by atoms with van der Waals surface area (Å²) in [6.07, 6.45) is 0. The van der Waals surface area contributed by atoms with Gasteiger partial charge in [0.15, 0.2) is 11.6 Å². The van der Waals surface area contributed by atoms with Gasteiger partial charge in [0.05, 0.1) is 11.2 Å². The number of hydrogen-bond acceptors (Lipinski definition) is 1. The molecule has 2 aromatic carbocycles. The van der Waals surface area contributed by atoms with Crippen molar-refractivity contribution in [2.75, 3.05) is 0 Å². The average Bonchev–Trinajstić information content (AvgIpc) is 2.75. The van der Waals surface area contributed by atoms with E-state index in [1.807, 2.05) is 17.7 Å². The van der Waals surface area contributed by atoms with Crippen molar-refractivity contribution in [3.05, 3.63) is 65.9 Å². The Bertz CT molecular complexity index is 764. The Morgan fingerprint density at radius 3 is 2.65 bits per heavy atom. The number of para-hydroxylation sites is 1. The minimum Gasteiger partial charge on any atom is -0.484 e. The third-order valence-corrected chi connectivity index (χ3v) is 3.32. The van der Waals surface area contributed by atoms with Gasteiger partial charge >= 0.3 is 0 Å². The van der Waals surface area contributed by atoms with E-state index in [-0.39, 0.29) is 18.2 Å². The number of fused-ring (bicyclic) bond motifs is 1. The first kappa shape index (κ1) is 12.7. The van der Waals surface area contributed by atoms with Gasteiger partial charge < -0.3 is 9.30 Å². The third kappa shape index (κ3) is 2.25. The highest BCUT2D eigenvalue weighted by Crippen LogP contribution is 2.22. The van der Waals surface area contributed by atoms with Crippen LogP contribution in [-0.2, 0) is 13.7 Å².